The molecule has 5 nitrogen and oxygen atoms in total. The first-order valence-corrected chi connectivity index (χ1v) is 7.85. The predicted octanol–water partition coefficient (Wildman–Crippen LogP) is 1.64. The topological polar surface area (TPSA) is 79.5 Å². The normalized spacial score (nSPS) is 13.9. The molecule has 1 aromatic carbocycles. The molecule has 0 saturated carbocycles. The van der Waals surface area contributed by atoms with E-state index in [1.54, 1.807) is 31.2 Å². The Kier molecular flexibility index (Phi) is 4.69. The molecule has 1 heterocycles. The molecule has 1 atom stereocenters. The van der Waals surface area contributed by atoms with Crippen molar-refractivity contribution in [3.63, 3.8) is 0 Å². The number of nitrogens with one attached hydrogen (secondary N) is 1. The second-order valence-electron chi connectivity index (χ2n) is 5.10. The summed E-state index contributed by atoms with van der Waals surface area (Å²) in [7, 11) is 0. The van der Waals surface area contributed by atoms with Gasteiger partial charge in [0.1, 0.15) is 11.1 Å². The highest BCUT2D eigenvalue weighted by molar-refractivity contribution is 7.98. The number of amides is 1. The first-order chi connectivity index (χ1) is 9.93. The van der Waals surface area contributed by atoms with Gasteiger partial charge in [-0.15, -0.1) is 0 Å². The van der Waals surface area contributed by atoms with Crippen molar-refractivity contribution in [2.75, 3.05) is 18.6 Å². The van der Waals surface area contributed by atoms with E-state index in [1.807, 2.05) is 6.26 Å². The van der Waals surface area contributed by atoms with Crippen LogP contribution in [0.4, 0.5) is 0 Å². The van der Waals surface area contributed by atoms with Crippen LogP contribution < -0.4 is 10.9 Å². The van der Waals surface area contributed by atoms with Crippen LogP contribution >= 0.6 is 11.8 Å². The predicted molar refractivity (Wildman–Crippen MR) is 83.8 cm³/mol. The molecule has 0 aliphatic rings. The quantitative estimate of drug-likeness (QED) is 0.821. The highest BCUT2D eigenvalue weighted by atomic mass is 32.2. The van der Waals surface area contributed by atoms with Crippen molar-refractivity contribution in [2.24, 2.45) is 0 Å². The number of rotatable bonds is 5. The third-order valence-corrected chi connectivity index (χ3v) is 3.88. The minimum absolute atomic E-state index is 0.0614. The van der Waals surface area contributed by atoms with Gasteiger partial charge < -0.3 is 14.8 Å². The number of carbonyl (C=O) groups excluding carboxylic acids is 1. The lowest BCUT2D eigenvalue weighted by Crippen LogP contribution is -2.43. The van der Waals surface area contributed by atoms with E-state index in [4.69, 9.17) is 4.42 Å². The highest BCUT2D eigenvalue weighted by Gasteiger charge is 2.22. The Balaban J connectivity index is 2.20. The molecule has 112 valence electrons. The third kappa shape index (κ3) is 3.86. The second kappa shape index (κ2) is 6.32. The van der Waals surface area contributed by atoms with Crippen molar-refractivity contribution in [1.29, 1.82) is 0 Å². The number of hydrogen-bond donors (Lipinski definition) is 2. The SMILES string of the molecule is CSC[C@](C)(O)CNC(=O)c1cc2ccccc2oc1=O. The van der Waals surface area contributed by atoms with E-state index in [0.717, 1.165) is 0 Å². The molecule has 1 aromatic heterocycles. The summed E-state index contributed by atoms with van der Waals surface area (Å²) in [4.78, 5) is 23.9. The maximum absolute atomic E-state index is 12.1. The van der Waals surface area contributed by atoms with Crippen LogP contribution in [0.5, 0.6) is 0 Å². The van der Waals surface area contributed by atoms with Crippen molar-refractivity contribution in [1.82, 2.24) is 5.32 Å². The lowest BCUT2D eigenvalue weighted by molar-refractivity contribution is 0.0723. The Morgan fingerprint density at radius 2 is 2.14 bits per heavy atom. The lowest BCUT2D eigenvalue weighted by atomic mass is 10.1. The number of carbonyl (C=O) groups is 1. The molecule has 0 aliphatic heterocycles. The summed E-state index contributed by atoms with van der Waals surface area (Å²) in [5, 5.41) is 13.3. The fraction of sp³-hybridized carbons (Fsp3) is 0.333. The van der Waals surface area contributed by atoms with Gasteiger partial charge in [-0.3, -0.25) is 4.79 Å². The Morgan fingerprint density at radius 3 is 2.86 bits per heavy atom. The molecule has 2 N–H and O–H groups in total. The van der Waals surface area contributed by atoms with Crippen LogP contribution in [0.2, 0.25) is 0 Å². The summed E-state index contributed by atoms with van der Waals surface area (Å²) in [6.07, 6.45) is 1.87. The molecular formula is C15H17NO4S. The average Bonchev–Trinajstić information content (AvgIpc) is 2.44. The summed E-state index contributed by atoms with van der Waals surface area (Å²) >= 11 is 1.48. The summed E-state index contributed by atoms with van der Waals surface area (Å²) in [6, 6.07) is 8.48. The molecule has 0 bridgehead atoms. The molecule has 0 saturated heterocycles. The maximum atomic E-state index is 12.1. The minimum Gasteiger partial charge on any atom is -0.422 e. The molecule has 0 fully saturated rings. The monoisotopic (exact) mass is 307 g/mol. The Labute approximate surface area is 126 Å². The number of thioether (sulfide) groups is 1. The maximum Gasteiger partial charge on any atom is 0.349 e. The number of hydrogen-bond acceptors (Lipinski definition) is 5. The average molecular weight is 307 g/mol. The molecule has 0 aliphatic carbocycles. The summed E-state index contributed by atoms with van der Waals surface area (Å²) in [5.41, 5.74) is -1.33. The van der Waals surface area contributed by atoms with Gasteiger partial charge in [-0.2, -0.15) is 11.8 Å². The van der Waals surface area contributed by atoms with Gasteiger partial charge in [0.2, 0.25) is 0 Å². The molecule has 2 aromatic rings. The van der Waals surface area contributed by atoms with Gasteiger partial charge in [0.15, 0.2) is 0 Å². The van der Waals surface area contributed by atoms with Gasteiger partial charge >= 0.3 is 5.63 Å². The third-order valence-electron chi connectivity index (χ3n) is 2.97. The van der Waals surface area contributed by atoms with Crippen LogP contribution in [0.1, 0.15) is 17.3 Å². The number of benzene rings is 1. The number of fused-ring (bicyclic) bond motifs is 1. The fourth-order valence-corrected chi connectivity index (χ4v) is 2.67. The zero-order valence-electron chi connectivity index (χ0n) is 11.9. The van der Waals surface area contributed by atoms with Crippen molar-refractivity contribution >= 4 is 28.6 Å². The van der Waals surface area contributed by atoms with Gasteiger partial charge in [0, 0.05) is 17.7 Å². The van der Waals surface area contributed by atoms with Crippen LogP contribution in [-0.2, 0) is 0 Å². The van der Waals surface area contributed by atoms with E-state index in [0.29, 0.717) is 16.7 Å². The standard InChI is InChI=1S/C15H17NO4S/c1-15(19,9-21-2)8-16-13(17)11-7-10-5-3-4-6-12(10)20-14(11)18/h3-7,19H,8-9H2,1-2H3,(H,16,17)/t15-/m1/s1. The van der Waals surface area contributed by atoms with E-state index in [2.05, 4.69) is 5.32 Å². The Morgan fingerprint density at radius 1 is 1.43 bits per heavy atom. The van der Waals surface area contributed by atoms with Crippen molar-refractivity contribution in [2.45, 2.75) is 12.5 Å². The van der Waals surface area contributed by atoms with Crippen molar-refractivity contribution < 1.29 is 14.3 Å². The van der Waals surface area contributed by atoms with Gasteiger partial charge in [-0.05, 0) is 25.3 Å². The Bertz CT molecular complexity index is 708. The molecule has 21 heavy (non-hydrogen) atoms. The van der Waals surface area contributed by atoms with Crippen LogP contribution in [0.25, 0.3) is 11.0 Å². The second-order valence-corrected chi connectivity index (χ2v) is 5.96. The smallest absolute Gasteiger partial charge is 0.349 e. The molecular weight excluding hydrogens is 290 g/mol. The van der Waals surface area contributed by atoms with E-state index >= 15 is 0 Å². The molecule has 0 unspecified atom stereocenters. The summed E-state index contributed by atoms with van der Waals surface area (Å²) < 4.78 is 5.11. The zero-order chi connectivity index (χ0) is 15.5. The van der Waals surface area contributed by atoms with E-state index in [9.17, 15) is 14.7 Å². The van der Waals surface area contributed by atoms with Crippen LogP contribution in [0.3, 0.4) is 0 Å². The Hall–Kier alpha value is -1.79. The van der Waals surface area contributed by atoms with Crippen molar-refractivity contribution in [3.8, 4) is 0 Å². The first-order valence-electron chi connectivity index (χ1n) is 6.45. The summed E-state index contributed by atoms with van der Waals surface area (Å²) in [5.74, 6) is -0.0598. The molecule has 0 radical (unpaired) electrons. The molecule has 0 spiro atoms. The highest BCUT2D eigenvalue weighted by Crippen LogP contribution is 2.13. The lowest BCUT2D eigenvalue weighted by Gasteiger charge is -2.22. The van der Waals surface area contributed by atoms with Crippen molar-refractivity contribution in [3.05, 3.63) is 46.3 Å². The number of para-hydroxylation sites is 1. The van der Waals surface area contributed by atoms with Gasteiger partial charge in [0.25, 0.3) is 5.91 Å². The fourth-order valence-electron chi connectivity index (χ4n) is 1.95. The first kappa shape index (κ1) is 15.6. The van der Waals surface area contributed by atoms with E-state index < -0.39 is 17.1 Å². The minimum atomic E-state index is -1.02. The van der Waals surface area contributed by atoms with Gasteiger partial charge in [0.05, 0.1) is 5.60 Å². The number of aliphatic hydroxyl groups is 1. The molecule has 6 heteroatoms. The van der Waals surface area contributed by atoms with Crippen LogP contribution in [0.15, 0.2) is 39.5 Å². The van der Waals surface area contributed by atoms with Crippen LogP contribution in [0, 0.1) is 0 Å². The van der Waals surface area contributed by atoms with E-state index in [1.165, 1.54) is 17.8 Å². The van der Waals surface area contributed by atoms with E-state index in [-0.39, 0.29) is 12.1 Å². The molecule has 1 amide bonds. The zero-order valence-corrected chi connectivity index (χ0v) is 12.7. The molecule has 2 rings (SSSR count). The van der Waals surface area contributed by atoms with Gasteiger partial charge in [-0.25, -0.2) is 4.79 Å². The summed E-state index contributed by atoms with van der Waals surface area (Å²) in [6.45, 7) is 1.70. The van der Waals surface area contributed by atoms with Crippen LogP contribution in [-0.4, -0.2) is 35.2 Å². The van der Waals surface area contributed by atoms with Gasteiger partial charge in [-0.1, -0.05) is 18.2 Å². The largest absolute Gasteiger partial charge is 0.422 e.